The molecule has 2 aliphatic carbocycles. The van der Waals surface area contributed by atoms with Gasteiger partial charge in [0.1, 0.15) is 11.6 Å². The van der Waals surface area contributed by atoms with Crippen LogP contribution in [0.25, 0.3) is 21.2 Å². The zero-order valence-corrected chi connectivity index (χ0v) is 41.1. The Morgan fingerprint density at radius 1 is 0.865 bits per heavy atom. The molecule has 2 spiro atoms. The van der Waals surface area contributed by atoms with E-state index < -0.39 is 78.8 Å². The van der Waals surface area contributed by atoms with Gasteiger partial charge in [-0.05, 0) is 122 Å². The molecule has 5 aromatic rings. The number of ether oxygens (including phenoxy) is 1. The van der Waals surface area contributed by atoms with E-state index in [4.69, 9.17) is 9.84 Å². The molecule has 11 rings (SSSR count). The summed E-state index contributed by atoms with van der Waals surface area (Å²) in [5.41, 5.74) is 0.923. The van der Waals surface area contributed by atoms with E-state index >= 15 is 0 Å². The predicted octanol–water partition coefficient (Wildman–Crippen LogP) is 8.40. The molecule has 0 bridgehead atoms. The first-order valence-corrected chi connectivity index (χ1v) is 26.8. The Balaban J connectivity index is 0.737. The van der Waals surface area contributed by atoms with Crippen LogP contribution >= 0.6 is 11.3 Å². The minimum absolute atomic E-state index is 0.0405. The Kier molecular flexibility index (Phi) is 12.0. The summed E-state index contributed by atoms with van der Waals surface area (Å²) < 4.78 is 79.3. The normalized spacial score (nSPS) is 21.3. The smallest absolute Gasteiger partial charge is 0.421 e. The standard InChI is InChI=1S/C52H49F3N6O11S2/c53-52(54,55)42-43(72-26-40(63)64)45(48(67)68)73-44(42)30-5-2-7-32(23-30)56-33-24-50(16-17-50)61(51(25-33)18-19-51)74(70,71)27-28-4-1-6-31(22-28)57-49(69)59-20-14-29(15-21-59)34-10-11-37-41-35(34)8-3-9-36(41)47(66)60(37)38-12-13-39(62)58-46(38)65/h1-11,22-23,29,33,38,56H,12-21,24-27H2,(H,57,69)(H,63,64)(H,67,68)(H,58,62,65). The van der Waals surface area contributed by atoms with Crippen molar-refractivity contribution >= 4 is 84.9 Å². The first-order valence-electron chi connectivity index (χ1n) is 24.3. The molecule has 0 radical (unpaired) electrons. The van der Waals surface area contributed by atoms with Crippen molar-refractivity contribution in [3.8, 4) is 16.2 Å². The monoisotopic (exact) mass is 1050 g/mol. The van der Waals surface area contributed by atoms with Gasteiger partial charge in [-0.1, -0.05) is 42.5 Å². The molecule has 5 amide bonds. The summed E-state index contributed by atoms with van der Waals surface area (Å²) in [6.45, 7) is -0.278. The van der Waals surface area contributed by atoms with Gasteiger partial charge < -0.3 is 30.5 Å². The number of amides is 5. The Hall–Kier alpha value is -7.04. The number of aromatic carboxylic acids is 1. The second kappa shape index (κ2) is 18.1. The average molecular weight is 1060 g/mol. The molecule has 386 valence electrons. The molecule has 74 heavy (non-hydrogen) atoms. The van der Waals surface area contributed by atoms with Crippen LogP contribution in [-0.4, -0.2) is 106 Å². The van der Waals surface area contributed by atoms with E-state index in [0.29, 0.717) is 104 Å². The number of urea groups is 1. The van der Waals surface area contributed by atoms with E-state index in [9.17, 15) is 55.5 Å². The van der Waals surface area contributed by atoms with Gasteiger partial charge in [0.25, 0.3) is 5.91 Å². The number of rotatable bonds is 13. The maximum Gasteiger partial charge on any atom is 0.421 e. The van der Waals surface area contributed by atoms with Crippen molar-refractivity contribution in [2.75, 3.05) is 35.2 Å². The van der Waals surface area contributed by atoms with E-state index in [-0.39, 0.29) is 54.0 Å². The molecule has 5 fully saturated rings. The molecule has 17 nitrogen and oxygen atoms in total. The molecule has 5 heterocycles. The highest BCUT2D eigenvalue weighted by Gasteiger charge is 2.68. The van der Waals surface area contributed by atoms with Crippen LogP contribution in [0.2, 0.25) is 0 Å². The van der Waals surface area contributed by atoms with Crippen molar-refractivity contribution in [2.45, 2.75) is 105 Å². The van der Waals surface area contributed by atoms with Crippen molar-refractivity contribution < 1.29 is 65.3 Å². The highest BCUT2D eigenvalue weighted by Crippen LogP contribution is 2.63. The molecule has 1 unspecified atom stereocenters. The third-order valence-electron chi connectivity index (χ3n) is 15.3. The van der Waals surface area contributed by atoms with Gasteiger partial charge in [0.05, 0.1) is 16.3 Å². The second-order valence-corrected chi connectivity index (χ2v) is 23.0. The number of sulfonamides is 1. The number of hydrogen-bond acceptors (Lipinski definition) is 11. The van der Waals surface area contributed by atoms with Gasteiger partial charge in [-0.15, -0.1) is 11.3 Å². The lowest BCUT2D eigenvalue weighted by molar-refractivity contribution is -0.143. The SMILES string of the molecule is O=C(O)COc1c(C(=O)O)sc(-c2cccc(NC3CC4(CC4)N(S(=O)(=O)Cc4cccc(NC(=O)N5CCC(c6ccc7c8c(cccc68)C(=O)N7C6CCC(=O)NC6=O)CC5)c4)C4(CC4)C3)c2)c1C(F)(F)F. The minimum Gasteiger partial charge on any atom is -0.479 e. The number of piperidine rings is 3. The summed E-state index contributed by atoms with van der Waals surface area (Å²) in [5, 5.41) is 29.3. The number of imide groups is 1. The second-order valence-electron chi connectivity index (χ2n) is 20.2. The molecule has 4 aromatic carbocycles. The molecule has 4 aliphatic heterocycles. The van der Waals surface area contributed by atoms with Crippen LogP contribution in [0.3, 0.4) is 0 Å². The Labute approximate surface area is 425 Å². The molecule has 1 atom stereocenters. The highest BCUT2D eigenvalue weighted by molar-refractivity contribution is 7.88. The number of nitrogens with zero attached hydrogens (tertiary/aromatic N) is 3. The van der Waals surface area contributed by atoms with Gasteiger partial charge in [-0.2, -0.15) is 17.5 Å². The third kappa shape index (κ3) is 8.88. The lowest BCUT2D eigenvalue weighted by atomic mass is 9.85. The topological polar surface area (TPSA) is 232 Å². The summed E-state index contributed by atoms with van der Waals surface area (Å²) in [7, 11) is -3.91. The average Bonchev–Trinajstić information content (AvgIpc) is 4.22. The van der Waals surface area contributed by atoms with Gasteiger partial charge in [-0.25, -0.2) is 22.8 Å². The van der Waals surface area contributed by atoms with E-state index in [0.717, 1.165) is 16.3 Å². The van der Waals surface area contributed by atoms with E-state index in [2.05, 4.69) is 16.0 Å². The van der Waals surface area contributed by atoms with E-state index in [1.165, 1.54) is 23.1 Å². The molecule has 22 heteroatoms. The number of likely N-dealkylation sites (tertiary alicyclic amines) is 1. The zero-order valence-electron chi connectivity index (χ0n) is 39.5. The number of halogens is 3. The number of carboxylic acids is 2. The molecular formula is C52H49F3N6O11S2. The number of carboxylic acid groups (broad SMARTS) is 2. The van der Waals surface area contributed by atoms with Gasteiger partial charge in [0, 0.05) is 59.0 Å². The van der Waals surface area contributed by atoms with Crippen molar-refractivity contribution in [2.24, 2.45) is 0 Å². The van der Waals surface area contributed by atoms with Crippen molar-refractivity contribution in [1.29, 1.82) is 0 Å². The van der Waals surface area contributed by atoms with Crippen molar-refractivity contribution in [3.63, 3.8) is 0 Å². The number of benzene rings is 4. The maximum absolute atomic E-state index is 14.6. The molecule has 1 aromatic heterocycles. The van der Waals surface area contributed by atoms with Gasteiger partial charge in [-0.3, -0.25) is 24.6 Å². The number of carbonyl (C=O) groups is 6. The van der Waals surface area contributed by atoms with E-state index in [1.807, 2.05) is 24.3 Å². The predicted molar refractivity (Wildman–Crippen MR) is 266 cm³/mol. The zero-order chi connectivity index (χ0) is 52.1. The van der Waals surface area contributed by atoms with Gasteiger partial charge in [0.2, 0.25) is 21.8 Å². The molecule has 6 aliphatic rings. The minimum atomic E-state index is -5.08. The fourth-order valence-corrected chi connectivity index (χ4v) is 15.5. The molecular weight excluding hydrogens is 1010 g/mol. The van der Waals surface area contributed by atoms with Gasteiger partial charge in [0.15, 0.2) is 17.2 Å². The quantitative estimate of drug-likeness (QED) is 0.0700. The number of anilines is 3. The first-order chi connectivity index (χ1) is 35.2. The summed E-state index contributed by atoms with van der Waals surface area (Å²) in [6.07, 6.45) is 0.0172. The maximum atomic E-state index is 14.6. The van der Waals surface area contributed by atoms with Gasteiger partial charge >= 0.3 is 24.1 Å². The van der Waals surface area contributed by atoms with Crippen molar-refractivity contribution in [1.82, 2.24) is 14.5 Å². The molecule has 2 saturated carbocycles. The summed E-state index contributed by atoms with van der Waals surface area (Å²) >= 11 is 0.335. The number of aliphatic carboxylic acids is 1. The number of carbonyl (C=O) groups excluding carboxylic acids is 4. The summed E-state index contributed by atoms with van der Waals surface area (Å²) in [5.74, 6) is -5.68. The van der Waals surface area contributed by atoms with Crippen LogP contribution in [0.1, 0.15) is 107 Å². The van der Waals surface area contributed by atoms with Crippen LogP contribution in [0, 0.1) is 0 Å². The van der Waals surface area contributed by atoms with E-state index in [1.54, 1.807) is 45.6 Å². The number of nitrogens with one attached hydrogen (secondary N) is 3. The Morgan fingerprint density at radius 2 is 1.55 bits per heavy atom. The van der Waals surface area contributed by atoms with Crippen LogP contribution in [0.4, 0.5) is 35.0 Å². The highest BCUT2D eigenvalue weighted by atomic mass is 32.2. The fourth-order valence-electron chi connectivity index (χ4n) is 12.0. The summed E-state index contributed by atoms with van der Waals surface area (Å²) in [4.78, 5) is 77.2. The molecule has 3 saturated heterocycles. The lowest BCUT2D eigenvalue weighted by Gasteiger charge is -2.46. The third-order valence-corrected chi connectivity index (χ3v) is 18.5. The number of alkyl halides is 3. The van der Waals surface area contributed by atoms with Crippen LogP contribution in [0.5, 0.6) is 5.75 Å². The summed E-state index contributed by atoms with van der Waals surface area (Å²) in [6, 6.07) is 20.9. The fraction of sp³-hybridized carbons (Fsp3) is 0.385. The van der Waals surface area contributed by atoms with Crippen LogP contribution < -0.4 is 25.6 Å². The van der Waals surface area contributed by atoms with Crippen LogP contribution in [-0.2, 0) is 36.3 Å². The van der Waals surface area contributed by atoms with Crippen LogP contribution in [0.15, 0.2) is 78.9 Å². The molecule has 5 N–H and O–H groups in total. The van der Waals surface area contributed by atoms with Crippen molar-refractivity contribution in [3.05, 3.63) is 106 Å². The lowest BCUT2D eigenvalue weighted by Crippen LogP contribution is -2.58. The Bertz CT molecular complexity index is 3310. The Morgan fingerprint density at radius 3 is 2.22 bits per heavy atom. The number of hydrogen-bond donors (Lipinski definition) is 5. The first kappa shape index (κ1) is 49.2. The largest absolute Gasteiger partial charge is 0.479 e. The number of thiophene rings is 1.